The molecule has 3 heteroatoms. The molecule has 0 bridgehead atoms. The number of amides is 1. The van der Waals surface area contributed by atoms with Gasteiger partial charge in [-0.1, -0.05) is 17.7 Å². The number of carbonyl (C=O) groups excluding carboxylic acids is 1. The summed E-state index contributed by atoms with van der Waals surface area (Å²) in [6.45, 7) is 4.77. The molecular formula is C14H19NO2. The predicted octanol–water partition coefficient (Wildman–Crippen LogP) is 1.90. The van der Waals surface area contributed by atoms with E-state index in [4.69, 9.17) is 0 Å². The highest BCUT2D eigenvalue weighted by Crippen LogP contribution is 2.21. The van der Waals surface area contributed by atoms with Crippen molar-refractivity contribution >= 4 is 5.91 Å². The molecule has 1 aromatic carbocycles. The second-order valence-corrected chi connectivity index (χ2v) is 4.80. The van der Waals surface area contributed by atoms with Crippen molar-refractivity contribution in [3.05, 3.63) is 34.9 Å². The molecular weight excluding hydrogens is 214 g/mol. The maximum Gasteiger partial charge on any atom is 0.254 e. The van der Waals surface area contributed by atoms with E-state index < -0.39 is 0 Å². The summed E-state index contributed by atoms with van der Waals surface area (Å²) in [5, 5.41) is 9.26. The van der Waals surface area contributed by atoms with Crippen LogP contribution in [0.2, 0.25) is 0 Å². The van der Waals surface area contributed by atoms with E-state index in [9.17, 15) is 9.90 Å². The first-order chi connectivity index (χ1) is 8.13. The number of hydrogen-bond acceptors (Lipinski definition) is 2. The molecule has 1 aliphatic heterocycles. The topological polar surface area (TPSA) is 40.5 Å². The van der Waals surface area contributed by atoms with Crippen LogP contribution in [-0.4, -0.2) is 35.1 Å². The molecule has 0 saturated carbocycles. The third-order valence-corrected chi connectivity index (χ3v) is 3.47. The summed E-state index contributed by atoms with van der Waals surface area (Å²) >= 11 is 0. The van der Waals surface area contributed by atoms with E-state index in [1.807, 2.05) is 36.9 Å². The highest BCUT2D eigenvalue weighted by atomic mass is 16.3. The SMILES string of the molecule is Cc1ccc(C)c(C(=O)N2CCC[C@H]2CO)c1. The number of benzene rings is 1. The number of carbonyl (C=O) groups is 1. The summed E-state index contributed by atoms with van der Waals surface area (Å²) in [5.74, 6) is 0.0581. The van der Waals surface area contributed by atoms with Crippen LogP contribution in [0.3, 0.4) is 0 Å². The van der Waals surface area contributed by atoms with Crippen LogP contribution in [-0.2, 0) is 0 Å². The molecule has 0 radical (unpaired) electrons. The lowest BCUT2D eigenvalue weighted by atomic mass is 10.0. The summed E-state index contributed by atoms with van der Waals surface area (Å²) in [7, 11) is 0. The Morgan fingerprint density at radius 2 is 2.24 bits per heavy atom. The average molecular weight is 233 g/mol. The van der Waals surface area contributed by atoms with E-state index in [0.29, 0.717) is 0 Å². The van der Waals surface area contributed by atoms with Crippen molar-refractivity contribution in [3.63, 3.8) is 0 Å². The van der Waals surface area contributed by atoms with Gasteiger partial charge in [0.1, 0.15) is 0 Å². The molecule has 1 aromatic rings. The Balaban J connectivity index is 2.27. The number of aliphatic hydroxyl groups is 1. The van der Waals surface area contributed by atoms with Gasteiger partial charge in [0, 0.05) is 12.1 Å². The first-order valence-electron chi connectivity index (χ1n) is 6.12. The quantitative estimate of drug-likeness (QED) is 0.847. The summed E-state index contributed by atoms with van der Waals surface area (Å²) in [4.78, 5) is 14.2. The molecule has 0 spiro atoms. The molecule has 3 nitrogen and oxygen atoms in total. The van der Waals surface area contributed by atoms with E-state index in [2.05, 4.69) is 0 Å². The Morgan fingerprint density at radius 3 is 2.94 bits per heavy atom. The highest BCUT2D eigenvalue weighted by Gasteiger charge is 2.29. The number of aryl methyl sites for hydroxylation is 2. The van der Waals surface area contributed by atoms with Crippen molar-refractivity contribution in [1.82, 2.24) is 4.90 Å². The van der Waals surface area contributed by atoms with Gasteiger partial charge in [0.25, 0.3) is 5.91 Å². The highest BCUT2D eigenvalue weighted by molar-refractivity contribution is 5.96. The lowest BCUT2D eigenvalue weighted by molar-refractivity contribution is 0.0677. The largest absolute Gasteiger partial charge is 0.394 e. The molecule has 0 unspecified atom stereocenters. The maximum absolute atomic E-state index is 12.4. The minimum atomic E-state index is 0.00223. The first kappa shape index (κ1) is 12.1. The zero-order chi connectivity index (χ0) is 12.4. The Kier molecular flexibility index (Phi) is 3.48. The van der Waals surface area contributed by atoms with Gasteiger partial charge in [0.15, 0.2) is 0 Å². The molecule has 0 aliphatic carbocycles. The monoisotopic (exact) mass is 233 g/mol. The molecule has 1 amide bonds. The molecule has 1 atom stereocenters. The van der Waals surface area contributed by atoms with Gasteiger partial charge >= 0.3 is 0 Å². The van der Waals surface area contributed by atoms with E-state index >= 15 is 0 Å². The van der Waals surface area contributed by atoms with Gasteiger partial charge in [-0.2, -0.15) is 0 Å². The summed E-state index contributed by atoms with van der Waals surface area (Å²) in [5.41, 5.74) is 2.87. The average Bonchev–Trinajstić information content (AvgIpc) is 2.79. The van der Waals surface area contributed by atoms with E-state index in [0.717, 1.165) is 36.1 Å². The molecule has 1 N–H and O–H groups in total. The second-order valence-electron chi connectivity index (χ2n) is 4.80. The zero-order valence-corrected chi connectivity index (χ0v) is 10.4. The molecule has 92 valence electrons. The fraction of sp³-hybridized carbons (Fsp3) is 0.500. The Hall–Kier alpha value is -1.35. The standard InChI is InChI=1S/C14H19NO2/c1-10-5-6-11(2)13(8-10)14(17)15-7-3-4-12(15)9-16/h5-6,8,12,16H,3-4,7,9H2,1-2H3/t12-/m0/s1. The normalized spacial score (nSPS) is 19.7. The number of likely N-dealkylation sites (tertiary alicyclic amines) is 1. The smallest absolute Gasteiger partial charge is 0.254 e. The minimum absolute atomic E-state index is 0.00223. The fourth-order valence-electron chi connectivity index (χ4n) is 2.41. The van der Waals surface area contributed by atoms with Gasteiger partial charge in [0.2, 0.25) is 0 Å². The van der Waals surface area contributed by atoms with Crippen LogP contribution in [0.4, 0.5) is 0 Å². The summed E-state index contributed by atoms with van der Waals surface area (Å²) in [6, 6.07) is 5.93. The lowest BCUT2D eigenvalue weighted by Crippen LogP contribution is -2.37. The molecule has 1 fully saturated rings. The molecule has 0 aromatic heterocycles. The van der Waals surface area contributed by atoms with Crippen LogP contribution in [0.15, 0.2) is 18.2 Å². The maximum atomic E-state index is 12.4. The van der Waals surface area contributed by atoms with Crippen LogP contribution < -0.4 is 0 Å². The second kappa shape index (κ2) is 4.88. The van der Waals surface area contributed by atoms with Crippen molar-refractivity contribution in [2.45, 2.75) is 32.7 Å². The van der Waals surface area contributed by atoms with Gasteiger partial charge in [-0.05, 0) is 38.3 Å². The molecule has 17 heavy (non-hydrogen) atoms. The Bertz CT molecular complexity index is 428. The number of hydrogen-bond donors (Lipinski definition) is 1. The van der Waals surface area contributed by atoms with Gasteiger partial charge in [-0.3, -0.25) is 4.79 Å². The van der Waals surface area contributed by atoms with Gasteiger partial charge in [-0.25, -0.2) is 0 Å². The van der Waals surface area contributed by atoms with Crippen molar-refractivity contribution in [3.8, 4) is 0 Å². The van der Waals surface area contributed by atoms with Crippen molar-refractivity contribution in [2.24, 2.45) is 0 Å². The van der Waals surface area contributed by atoms with E-state index in [-0.39, 0.29) is 18.6 Å². The Morgan fingerprint density at radius 1 is 1.47 bits per heavy atom. The third-order valence-electron chi connectivity index (χ3n) is 3.47. The third kappa shape index (κ3) is 2.34. The number of aliphatic hydroxyl groups excluding tert-OH is 1. The molecule has 1 saturated heterocycles. The lowest BCUT2D eigenvalue weighted by Gasteiger charge is -2.24. The zero-order valence-electron chi connectivity index (χ0n) is 10.4. The van der Waals surface area contributed by atoms with Crippen LogP contribution in [0, 0.1) is 13.8 Å². The van der Waals surface area contributed by atoms with Crippen LogP contribution in [0.5, 0.6) is 0 Å². The van der Waals surface area contributed by atoms with Gasteiger partial charge < -0.3 is 10.0 Å². The van der Waals surface area contributed by atoms with Gasteiger partial charge in [0.05, 0.1) is 12.6 Å². The Labute approximate surface area is 102 Å². The first-order valence-corrected chi connectivity index (χ1v) is 6.12. The molecule has 2 rings (SSSR count). The van der Waals surface area contributed by atoms with Crippen LogP contribution in [0.1, 0.15) is 34.3 Å². The summed E-state index contributed by atoms with van der Waals surface area (Å²) < 4.78 is 0. The summed E-state index contributed by atoms with van der Waals surface area (Å²) in [6.07, 6.45) is 1.90. The van der Waals surface area contributed by atoms with Crippen LogP contribution in [0.25, 0.3) is 0 Å². The van der Waals surface area contributed by atoms with Crippen molar-refractivity contribution in [2.75, 3.05) is 13.2 Å². The predicted molar refractivity (Wildman–Crippen MR) is 67.1 cm³/mol. The van der Waals surface area contributed by atoms with Gasteiger partial charge in [-0.15, -0.1) is 0 Å². The fourth-order valence-corrected chi connectivity index (χ4v) is 2.41. The van der Waals surface area contributed by atoms with Crippen molar-refractivity contribution in [1.29, 1.82) is 0 Å². The molecule has 1 heterocycles. The minimum Gasteiger partial charge on any atom is -0.394 e. The van der Waals surface area contributed by atoms with Crippen molar-refractivity contribution < 1.29 is 9.90 Å². The van der Waals surface area contributed by atoms with E-state index in [1.54, 1.807) is 0 Å². The molecule has 1 aliphatic rings. The number of nitrogens with zero attached hydrogens (tertiary/aromatic N) is 1. The number of rotatable bonds is 2. The van der Waals surface area contributed by atoms with Crippen LogP contribution >= 0.6 is 0 Å². The van der Waals surface area contributed by atoms with E-state index in [1.165, 1.54) is 0 Å².